The molecule has 0 spiro atoms. The van der Waals surface area contributed by atoms with Crippen molar-refractivity contribution in [3.8, 4) is 17.5 Å². The van der Waals surface area contributed by atoms with Crippen LogP contribution in [0.4, 0.5) is 8.78 Å². The summed E-state index contributed by atoms with van der Waals surface area (Å²) in [6, 6.07) is 4.59. The fourth-order valence-electron chi connectivity index (χ4n) is 3.57. The molecule has 0 aliphatic carbocycles. The van der Waals surface area contributed by atoms with E-state index in [9.17, 15) is 13.6 Å². The van der Waals surface area contributed by atoms with Gasteiger partial charge in [-0.3, -0.25) is 4.79 Å². The van der Waals surface area contributed by atoms with Gasteiger partial charge in [0.15, 0.2) is 23.5 Å². The largest absolute Gasteiger partial charge is 0.482 e. The molecular formula is C24H30ClF2N5O3S. The number of aldehydes is 1. The minimum absolute atomic E-state index is 0.0102. The number of pyridine rings is 2. The van der Waals surface area contributed by atoms with Crippen molar-refractivity contribution >= 4 is 40.8 Å². The van der Waals surface area contributed by atoms with E-state index in [2.05, 4.69) is 46.0 Å². The Labute approximate surface area is 218 Å². The molecule has 1 N–H and O–H groups in total. The Balaban J connectivity index is 0.000000338. The first-order valence-corrected chi connectivity index (χ1v) is 13.0. The van der Waals surface area contributed by atoms with E-state index in [0.29, 0.717) is 23.0 Å². The molecule has 3 aromatic heterocycles. The van der Waals surface area contributed by atoms with Crippen LogP contribution >= 0.6 is 23.4 Å². The van der Waals surface area contributed by atoms with Crippen LogP contribution in [0.2, 0.25) is 5.02 Å². The number of carbonyl (C=O) groups excluding carboxylic acids is 1. The number of alkyl halides is 2. The third-order valence-electron chi connectivity index (χ3n) is 5.73. The molecule has 0 bridgehead atoms. The molecule has 0 aromatic carbocycles. The number of carbonyl (C=O) groups is 1. The summed E-state index contributed by atoms with van der Waals surface area (Å²) in [5.74, 6) is 2.92. The van der Waals surface area contributed by atoms with Gasteiger partial charge in [0, 0.05) is 29.9 Å². The molecule has 3 aromatic rings. The molecule has 4 heterocycles. The van der Waals surface area contributed by atoms with Gasteiger partial charge in [0.25, 0.3) is 12.3 Å². The first-order chi connectivity index (χ1) is 17.2. The summed E-state index contributed by atoms with van der Waals surface area (Å²) in [6.07, 6.45) is 1.94. The second-order valence-electron chi connectivity index (χ2n) is 8.73. The molecule has 36 heavy (non-hydrogen) atoms. The Morgan fingerprint density at radius 3 is 2.58 bits per heavy atom. The topological polar surface area (TPSA) is 91.2 Å². The summed E-state index contributed by atoms with van der Waals surface area (Å²) >= 11 is 7.90. The maximum absolute atomic E-state index is 12.4. The van der Waals surface area contributed by atoms with Gasteiger partial charge in [-0.05, 0) is 58.2 Å². The molecule has 196 valence electrons. The number of aromatic nitrogens is 4. The number of nitrogens with one attached hydrogen (secondary N) is 1. The SMILES string of the molecule is CC(C)n1c(C=O)nc2nc(Oc3ncc(Cl)cc3OCC(F)F)ccc21.CNC1(C)CCSCC1. The number of thioether (sulfide) groups is 1. The number of nitrogens with zero attached hydrogens (tertiary/aromatic N) is 4. The molecule has 0 radical (unpaired) electrons. The molecule has 1 aliphatic heterocycles. The fraction of sp³-hybridized carbons (Fsp3) is 0.500. The van der Waals surface area contributed by atoms with Crippen LogP contribution in [0.15, 0.2) is 24.4 Å². The van der Waals surface area contributed by atoms with Crippen molar-refractivity contribution in [1.82, 2.24) is 24.8 Å². The van der Waals surface area contributed by atoms with E-state index in [0.717, 1.165) is 0 Å². The van der Waals surface area contributed by atoms with Crippen LogP contribution < -0.4 is 14.8 Å². The van der Waals surface area contributed by atoms with E-state index in [1.54, 1.807) is 16.7 Å². The predicted octanol–water partition coefficient (Wildman–Crippen LogP) is 5.80. The number of halogens is 3. The van der Waals surface area contributed by atoms with Crippen LogP contribution in [0.25, 0.3) is 11.2 Å². The van der Waals surface area contributed by atoms with Crippen LogP contribution in [-0.2, 0) is 0 Å². The van der Waals surface area contributed by atoms with E-state index < -0.39 is 13.0 Å². The molecule has 0 saturated carbocycles. The molecule has 4 rings (SSSR count). The molecule has 0 unspecified atom stereocenters. The highest BCUT2D eigenvalue weighted by atomic mass is 35.5. The lowest BCUT2D eigenvalue weighted by molar-refractivity contribution is 0.0804. The van der Waals surface area contributed by atoms with Crippen molar-refractivity contribution in [2.75, 3.05) is 25.2 Å². The summed E-state index contributed by atoms with van der Waals surface area (Å²) in [5, 5.41) is 3.58. The smallest absolute Gasteiger partial charge is 0.272 e. The number of hydrogen-bond acceptors (Lipinski definition) is 8. The summed E-state index contributed by atoms with van der Waals surface area (Å²) in [4.78, 5) is 23.6. The van der Waals surface area contributed by atoms with Crippen molar-refractivity contribution in [3.05, 3.63) is 35.2 Å². The van der Waals surface area contributed by atoms with Gasteiger partial charge in [-0.2, -0.15) is 16.7 Å². The lowest BCUT2D eigenvalue weighted by Gasteiger charge is -2.32. The maximum atomic E-state index is 12.4. The zero-order chi connectivity index (χ0) is 26.3. The highest BCUT2D eigenvalue weighted by Gasteiger charge is 2.24. The van der Waals surface area contributed by atoms with Gasteiger partial charge in [0.1, 0.15) is 6.61 Å². The molecule has 12 heteroatoms. The van der Waals surface area contributed by atoms with Gasteiger partial charge in [-0.1, -0.05) is 11.6 Å². The zero-order valence-electron chi connectivity index (χ0n) is 20.6. The van der Waals surface area contributed by atoms with Gasteiger partial charge in [-0.25, -0.2) is 18.7 Å². The highest BCUT2D eigenvalue weighted by molar-refractivity contribution is 7.99. The van der Waals surface area contributed by atoms with Crippen molar-refractivity contribution in [1.29, 1.82) is 0 Å². The Hall–Kier alpha value is -2.50. The van der Waals surface area contributed by atoms with Crippen LogP contribution in [0.1, 0.15) is 50.3 Å². The summed E-state index contributed by atoms with van der Waals surface area (Å²) in [5.41, 5.74) is 1.43. The third kappa shape index (κ3) is 7.27. The standard InChI is InChI=1S/C17H15ClF2N4O3.C7H15NS/c1-9(2)24-11-3-4-15(23-16(11)22-14(24)7-25)27-17-12(26-8-13(19)20)5-10(18)6-21-17;1-7(8-2)3-5-9-6-4-7/h3-7,9,13H,8H2,1-2H3;8H,3-6H2,1-2H3. The molecule has 1 fully saturated rings. The molecule has 1 aliphatic rings. The number of hydrogen-bond donors (Lipinski definition) is 1. The first kappa shape index (κ1) is 28.1. The Morgan fingerprint density at radius 1 is 1.28 bits per heavy atom. The van der Waals surface area contributed by atoms with Crippen molar-refractivity contribution in [3.63, 3.8) is 0 Å². The monoisotopic (exact) mass is 541 g/mol. The van der Waals surface area contributed by atoms with Gasteiger partial charge >= 0.3 is 0 Å². The maximum Gasteiger partial charge on any atom is 0.272 e. The first-order valence-electron chi connectivity index (χ1n) is 11.5. The second-order valence-corrected chi connectivity index (χ2v) is 10.4. The average Bonchev–Trinajstić information content (AvgIpc) is 3.23. The normalized spacial score (nSPS) is 15.0. The summed E-state index contributed by atoms with van der Waals surface area (Å²) in [7, 11) is 2.07. The van der Waals surface area contributed by atoms with E-state index >= 15 is 0 Å². The molecular weight excluding hydrogens is 512 g/mol. The average molecular weight is 542 g/mol. The van der Waals surface area contributed by atoms with Gasteiger partial charge < -0.3 is 19.4 Å². The Kier molecular flexibility index (Phi) is 9.86. The lowest BCUT2D eigenvalue weighted by atomic mass is 9.95. The Bertz CT molecular complexity index is 1170. The minimum atomic E-state index is -2.66. The highest BCUT2D eigenvalue weighted by Crippen LogP contribution is 2.32. The quantitative estimate of drug-likeness (QED) is 0.358. The van der Waals surface area contributed by atoms with Crippen LogP contribution in [0.3, 0.4) is 0 Å². The Morgan fingerprint density at radius 2 is 2.00 bits per heavy atom. The number of imidazole rings is 1. The number of fused-ring (bicyclic) bond motifs is 1. The van der Waals surface area contributed by atoms with Crippen molar-refractivity contribution in [2.24, 2.45) is 0 Å². The minimum Gasteiger partial charge on any atom is -0.482 e. The van der Waals surface area contributed by atoms with Crippen molar-refractivity contribution in [2.45, 2.75) is 51.6 Å². The predicted molar refractivity (Wildman–Crippen MR) is 138 cm³/mol. The molecule has 0 amide bonds. The molecule has 0 atom stereocenters. The number of rotatable bonds is 8. The van der Waals surface area contributed by atoms with Crippen molar-refractivity contribution < 1.29 is 23.0 Å². The summed E-state index contributed by atoms with van der Waals surface area (Å²) in [6.45, 7) is 5.32. The van der Waals surface area contributed by atoms with Gasteiger partial charge in [-0.15, -0.1) is 0 Å². The van der Waals surface area contributed by atoms with E-state index in [-0.39, 0.29) is 34.4 Å². The molecule has 1 saturated heterocycles. The number of ether oxygens (including phenoxy) is 2. The fourth-order valence-corrected chi connectivity index (χ4v) is 5.12. The molecule has 8 nitrogen and oxygen atoms in total. The van der Waals surface area contributed by atoms with Crippen LogP contribution in [-0.4, -0.2) is 62.9 Å². The van der Waals surface area contributed by atoms with Crippen LogP contribution in [0.5, 0.6) is 17.5 Å². The second kappa shape index (κ2) is 12.6. The van der Waals surface area contributed by atoms with Crippen LogP contribution in [0, 0.1) is 0 Å². The van der Waals surface area contributed by atoms with E-state index in [1.165, 1.54) is 36.6 Å². The zero-order valence-corrected chi connectivity index (χ0v) is 22.2. The third-order valence-corrected chi connectivity index (χ3v) is 6.92. The lowest BCUT2D eigenvalue weighted by Crippen LogP contribution is -2.42. The van der Waals surface area contributed by atoms with Gasteiger partial charge in [0.05, 0.1) is 10.5 Å². The van der Waals surface area contributed by atoms with E-state index in [1.807, 2.05) is 13.8 Å². The van der Waals surface area contributed by atoms with E-state index in [4.69, 9.17) is 21.1 Å². The summed E-state index contributed by atoms with van der Waals surface area (Å²) < 4.78 is 37.1. The van der Waals surface area contributed by atoms with Gasteiger partial charge in [0.2, 0.25) is 5.88 Å².